The fourth-order valence-electron chi connectivity index (χ4n) is 8.08. The first-order chi connectivity index (χ1) is 35.0. The Balaban J connectivity index is 0.000000161. The first-order valence-corrected chi connectivity index (χ1v) is 22.5. The Morgan fingerprint density at radius 2 is 1.15 bits per heavy atom. The minimum atomic E-state index is -1.42. The molecule has 6 aromatic rings. The summed E-state index contributed by atoms with van der Waals surface area (Å²) in [5.41, 5.74) is -2.40. The van der Waals surface area contributed by atoms with Crippen LogP contribution in [0.15, 0.2) is 65.9 Å². The van der Waals surface area contributed by atoms with Gasteiger partial charge in [-0.05, 0) is 13.8 Å². The van der Waals surface area contributed by atoms with Gasteiger partial charge in [-0.15, -0.1) is 15.3 Å². The molecule has 3 aliphatic heterocycles. The summed E-state index contributed by atoms with van der Waals surface area (Å²) in [6.07, 6.45) is 0.257. The van der Waals surface area contributed by atoms with E-state index in [2.05, 4.69) is 40.9 Å². The molecule has 0 bridgehead atoms. The molecule has 6 aromatic heterocycles. The molecule has 3 saturated heterocycles. The number of alkyl halides is 5. The van der Waals surface area contributed by atoms with E-state index in [4.69, 9.17) is 24.4 Å². The molecule has 73 heavy (non-hydrogen) atoms. The highest BCUT2D eigenvalue weighted by Gasteiger charge is 2.40. The van der Waals surface area contributed by atoms with Crippen molar-refractivity contribution in [1.82, 2.24) is 73.2 Å². The molecular formula is C41H50F5N15O12. The van der Waals surface area contributed by atoms with Gasteiger partial charge in [0.05, 0.1) is 69.7 Å². The van der Waals surface area contributed by atoms with Gasteiger partial charge in [0, 0.05) is 49.0 Å². The zero-order valence-corrected chi connectivity index (χ0v) is 38.9. The second-order valence-corrected chi connectivity index (χ2v) is 16.9. The third-order valence-corrected chi connectivity index (χ3v) is 11.9. The lowest BCUT2D eigenvalue weighted by atomic mass is 10.1. The standard InChI is InChI=1S/C15H19F2N5O4.C13H15F2N5O4.C13H16FN5O4/c1-9-5-21(13-4-11(17)12(8-23)26-13)15(25)22(14(9)24)7-10-6-20(3-2-16)19-18-10;14-1-2-19-5-9(17-18-19)7-4-20(13(23)16-12(7)22)11-3-8(15)10(6-21)24-11;1-7-4-18(13(22)15-12(7)21)11-2-9(10(6-20)23-11)19-5-8(3-14)16-17-19/h5-6,11-13,23H,2-4,7-8H2,1H3;4-5,8,10-11,21H,1-3,6H2,(H,16,22,23);4-5,9-11,20H,2-3,6H2,1H3,(H,15,21,22)/t11?,12-,13-;8?,10-,11-;9?,10-,11-/m111/s1/i16-1;2*14-1. The summed E-state index contributed by atoms with van der Waals surface area (Å²) in [5.74, 6) is 0. The van der Waals surface area contributed by atoms with Crippen LogP contribution < -0.4 is 33.7 Å². The molecule has 3 fully saturated rings. The number of hydrogen-bond donors (Lipinski definition) is 5. The zero-order chi connectivity index (χ0) is 52.7. The van der Waals surface area contributed by atoms with E-state index < -0.39 is 122 Å². The Morgan fingerprint density at radius 1 is 0.616 bits per heavy atom. The highest BCUT2D eigenvalue weighted by Crippen LogP contribution is 2.36. The molecule has 0 aliphatic carbocycles. The van der Waals surface area contributed by atoms with Crippen LogP contribution in [0.2, 0.25) is 0 Å². The van der Waals surface area contributed by atoms with Gasteiger partial charge in [0.1, 0.15) is 86.4 Å². The van der Waals surface area contributed by atoms with Crippen molar-refractivity contribution in [2.45, 2.75) is 115 Å². The topological polar surface area (TPSA) is 334 Å². The van der Waals surface area contributed by atoms with Crippen LogP contribution in [0.1, 0.15) is 66.5 Å². The van der Waals surface area contributed by atoms with Crippen LogP contribution in [-0.2, 0) is 40.5 Å². The van der Waals surface area contributed by atoms with E-state index in [1.54, 1.807) is 6.92 Å². The average Bonchev–Trinajstić information content (AvgIpc) is 4.25. The van der Waals surface area contributed by atoms with Gasteiger partial charge in [-0.1, -0.05) is 15.6 Å². The molecule has 0 aromatic carbocycles. The number of nitrogens with one attached hydrogen (secondary N) is 2. The van der Waals surface area contributed by atoms with Gasteiger partial charge in [-0.2, -0.15) is 0 Å². The second-order valence-electron chi connectivity index (χ2n) is 16.9. The maximum absolute atomic E-state index is 13.8. The van der Waals surface area contributed by atoms with Crippen molar-refractivity contribution < 1.29 is 51.5 Å². The average molecular weight is 1040 g/mol. The number of hydrogen-bond acceptors (Lipinski definition) is 18. The van der Waals surface area contributed by atoms with Crippen LogP contribution in [-0.4, -0.2) is 152 Å². The first-order valence-electron chi connectivity index (χ1n) is 22.5. The van der Waals surface area contributed by atoms with E-state index >= 15 is 0 Å². The summed E-state index contributed by atoms with van der Waals surface area (Å²) in [6, 6.07) is -0.392. The van der Waals surface area contributed by atoms with Crippen LogP contribution in [0, 0.1) is 13.8 Å². The van der Waals surface area contributed by atoms with Gasteiger partial charge in [-0.3, -0.25) is 42.6 Å². The number of aryl methyl sites for hydroxylation is 4. The van der Waals surface area contributed by atoms with Crippen molar-refractivity contribution in [3.63, 3.8) is 0 Å². The van der Waals surface area contributed by atoms with E-state index in [9.17, 15) is 55.8 Å². The number of nitrogens with zero attached hydrogens (tertiary/aromatic N) is 13. The molecule has 396 valence electrons. The largest absolute Gasteiger partial charge is 0.394 e. The van der Waals surface area contributed by atoms with Gasteiger partial charge in [0.15, 0.2) is 0 Å². The molecule has 9 rings (SSSR count). The monoisotopic (exact) mass is 1040 g/mol. The summed E-state index contributed by atoms with van der Waals surface area (Å²) in [7, 11) is 0. The molecule has 9 atom stereocenters. The number of rotatable bonds is 15. The minimum absolute atomic E-state index is 0.0159. The molecule has 0 amide bonds. The van der Waals surface area contributed by atoms with E-state index in [0.717, 1.165) is 13.7 Å². The summed E-state index contributed by atoms with van der Waals surface area (Å²) in [5, 5.41) is 50.1. The molecule has 27 nitrogen and oxygen atoms in total. The lowest BCUT2D eigenvalue weighted by Gasteiger charge is -2.17. The predicted molar refractivity (Wildman–Crippen MR) is 238 cm³/mol. The van der Waals surface area contributed by atoms with Crippen molar-refractivity contribution in [1.29, 1.82) is 0 Å². The van der Waals surface area contributed by atoms with Gasteiger partial charge in [-0.25, -0.2) is 50.4 Å². The fraction of sp³-hybridized carbons (Fsp3) is 0.561. The van der Waals surface area contributed by atoms with Crippen LogP contribution in [0.3, 0.4) is 0 Å². The third kappa shape index (κ3) is 12.1. The number of H-pyrrole nitrogens is 2. The summed E-state index contributed by atoms with van der Waals surface area (Å²) in [4.78, 5) is 76.7. The third-order valence-electron chi connectivity index (χ3n) is 11.9. The van der Waals surface area contributed by atoms with Gasteiger partial charge in [0.25, 0.3) is 16.7 Å². The Morgan fingerprint density at radius 3 is 1.74 bits per heavy atom. The molecule has 0 radical (unpaired) electrons. The van der Waals surface area contributed by atoms with E-state index in [-0.39, 0.29) is 61.6 Å². The van der Waals surface area contributed by atoms with Crippen LogP contribution in [0.4, 0.5) is 22.0 Å². The highest BCUT2D eigenvalue weighted by atomic mass is 19.1. The lowest BCUT2D eigenvalue weighted by molar-refractivity contribution is -0.0361. The Kier molecular flexibility index (Phi) is 17.4. The lowest BCUT2D eigenvalue weighted by Crippen LogP contribution is -2.42. The van der Waals surface area contributed by atoms with E-state index in [1.165, 1.54) is 62.7 Å². The minimum Gasteiger partial charge on any atom is -0.394 e. The molecule has 9 heterocycles. The molecule has 5 N–H and O–H groups in total. The number of ether oxygens (including phenoxy) is 3. The predicted octanol–water partition coefficient (Wildman–Crippen LogP) is -1.64. The van der Waals surface area contributed by atoms with Crippen molar-refractivity contribution >= 4 is 0 Å². The fourth-order valence-corrected chi connectivity index (χ4v) is 8.08. The molecule has 3 aliphatic rings. The van der Waals surface area contributed by atoms with Crippen molar-refractivity contribution in [2.75, 3.05) is 33.2 Å². The first kappa shape index (κ1) is 53.7. The molecule has 32 heteroatoms. The zero-order valence-electron chi connectivity index (χ0n) is 38.9. The normalized spacial score (nSPS) is 23.6. The number of aromatic nitrogens is 15. The van der Waals surface area contributed by atoms with E-state index in [1.807, 2.05) is 0 Å². The Bertz CT molecular complexity index is 3200. The summed E-state index contributed by atoms with van der Waals surface area (Å²) in [6.45, 7) is -0.333. The Labute approximate surface area is 405 Å². The van der Waals surface area contributed by atoms with Crippen molar-refractivity contribution in [3.8, 4) is 11.3 Å². The van der Waals surface area contributed by atoms with Crippen LogP contribution >= 0.6 is 0 Å². The highest BCUT2D eigenvalue weighted by molar-refractivity contribution is 5.54. The smallest absolute Gasteiger partial charge is 0.333 e. The summed E-state index contributed by atoms with van der Waals surface area (Å²) < 4.78 is 89.5. The van der Waals surface area contributed by atoms with Crippen LogP contribution in [0.5, 0.6) is 0 Å². The SMILES string of the molecule is Cc1cn([C@H]2CC(F)[C@@H](CO)O2)c(=O)n(Cc2cn(CC[18F])nn2)c1=O.Cc1cn([C@H]2CC(n3cc(C[18F])nn3)[C@@H](CO)O2)c(=O)[nH]c1=O.O=c1[nH]c(=O)n([C@H]2CC(F)[C@@H](CO)O2)cc1-c1cn(CC[18F])nn1. The second kappa shape index (κ2) is 23.6. The summed E-state index contributed by atoms with van der Waals surface area (Å²) >= 11 is 0. The molecule has 0 saturated carbocycles. The number of aliphatic hydroxyl groups is 3. The molecular weight excluding hydrogens is 987 g/mol. The van der Waals surface area contributed by atoms with Gasteiger partial charge in [0.2, 0.25) is 0 Å². The maximum Gasteiger partial charge on any atom is 0.333 e. The Hall–Kier alpha value is -7.13. The van der Waals surface area contributed by atoms with Crippen molar-refractivity contribution in [2.24, 2.45) is 0 Å². The van der Waals surface area contributed by atoms with Crippen molar-refractivity contribution in [3.05, 3.63) is 122 Å². The van der Waals surface area contributed by atoms with E-state index in [0.29, 0.717) is 17.7 Å². The number of halogens is 5. The van der Waals surface area contributed by atoms with Gasteiger partial charge < -0.3 is 29.5 Å². The molecule has 3 unspecified atom stereocenters. The van der Waals surface area contributed by atoms with Gasteiger partial charge >= 0.3 is 17.1 Å². The quantitative estimate of drug-likeness (QED) is 0.0720. The number of aromatic amines is 2. The van der Waals surface area contributed by atoms with Crippen LogP contribution in [0.25, 0.3) is 11.3 Å². The maximum atomic E-state index is 13.8. The molecule has 0 spiro atoms. The number of aliphatic hydroxyl groups excluding tert-OH is 3.